The van der Waals surface area contributed by atoms with Gasteiger partial charge >= 0.3 is 5.97 Å². The summed E-state index contributed by atoms with van der Waals surface area (Å²) in [6.07, 6.45) is 6.97. The van der Waals surface area contributed by atoms with Gasteiger partial charge in [0.05, 0.1) is 7.11 Å². The Kier molecular flexibility index (Phi) is 3.03. The Hall–Kier alpha value is -1.77. The van der Waals surface area contributed by atoms with E-state index in [0.29, 0.717) is 11.3 Å². The molecule has 3 unspecified atom stereocenters. The molecule has 1 aromatic rings. The first-order chi connectivity index (χ1) is 12.0. The van der Waals surface area contributed by atoms with Crippen LogP contribution < -0.4 is 4.74 Å². The van der Waals surface area contributed by atoms with Crippen molar-refractivity contribution < 1.29 is 14.3 Å². The third-order valence-electron chi connectivity index (χ3n) is 7.72. The molecule has 0 N–H and O–H groups in total. The summed E-state index contributed by atoms with van der Waals surface area (Å²) in [6.45, 7) is 3.94. The van der Waals surface area contributed by atoms with Crippen LogP contribution in [0.25, 0.3) is 5.57 Å². The number of benzene rings is 1. The zero-order valence-corrected chi connectivity index (χ0v) is 15.4. The lowest BCUT2D eigenvalue weighted by atomic mass is 9.59. The number of aryl methyl sites for hydroxylation is 1. The van der Waals surface area contributed by atoms with Gasteiger partial charge in [-0.3, -0.25) is 4.79 Å². The molecule has 25 heavy (non-hydrogen) atoms. The molecule has 2 saturated carbocycles. The average Bonchev–Trinajstić information content (AvgIpc) is 3.26. The summed E-state index contributed by atoms with van der Waals surface area (Å²) in [6, 6.07) is 6.57. The number of methoxy groups -OCH3 is 1. The van der Waals surface area contributed by atoms with Gasteiger partial charge in [0, 0.05) is 17.8 Å². The van der Waals surface area contributed by atoms with Gasteiger partial charge in [-0.1, -0.05) is 18.6 Å². The summed E-state index contributed by atoms with van der Waals surface area (Å²) in [7, 11) is 1.74. The monoisotopic (exact) mass is 338 g/mol. The molecule has 1 spiro atoms. The third-order valence-corrected chi connectivity index (χ3v) is 7.72. The Morgan fingerprint density at radius 1 is 1.24 bits per heavy atom. The molecule has 132 valence electrons. The van der Waals surface area contributed by atoms with Crippen LogP contribution in [0, 0.1) is 16.7 Å². The minimum Gasteiger partial charge on any atom is -0.497 e. The summed E-state index contributed by atoms with van der Waals surface area (Å²) in [5, 5.41) is 0. The molecule has 4 aliphatic carbocycles. The highest BCUT2D eigenvalue weighted by Crippen LogP contribution is 2.80. The van der Waals surface area contributed by atoms with E-state index in [2.05, 4.69) is 25.1 Å². The quantitative estimate of drug-likeness (QED) is 0.743. The molecule has 4 aliphatic rings. The number of hydrogen-bond donors (Lipinski definition) is 0. The van der Waals surface area contributed by atoms with Gasteiger partial charge in [0.25, 0.3) is 0 Å². The highest BCUT2D eigenvalue weighted by molar-refractivity contribution is 5.77. The van der Waals surface area contributed by atoms with E-state index in [9.17, 15) is 4.79 Å². The lowest BCUT2D eigenvalue weighted by Crippen LogP contribution is -2.43. The second kappa shape index (κ2) is 4.90. The van der Waals surface area contributed by atoms with Crippen molar-refractivity contribution in [3.8, 4) is 5.75 Å². The number of fused-ring (bicyclic) bond motifs is 2. The molecule has 1 aromatic carbocycles. The molecule has 3 heteroatoms. The third kappa shape index (κ3) is 1.84. The van der Waals surface area contributed by atoms with Crippen LogP contribution >= 0.6 is 0 Å². The molecule has 0 aliphatic heterocycles. The Balaban J connectivity index is 1.58. The number of ether oxygens (including phenoxy) is 2. The lowest BCUT2D eigenvalue weighted by Gasteiger charge is -2.47. The van der Waals surface area contributed by atoms with Crippen molar-refractivity contribution >= 4 is 11.5 Å². The number of carbonyl (C=O) groups is 1. The van der Waals surface area contributed by atoms with E-state index in [1.807, 2.05) is 0 Å². The number of rotatable bonds is 2. The first-order valence-corrected chi connectivity index (χ1v) is 9.56. The molecule has 2 fully saturated rings. The van der Waals surface area contributed by atoms with Crippen molar-refractivity contribution in [2.45, 2.75) is 58.5 Å². The van der Waals surface area contributed by atoms with Crippen molar-refractivity contribution in [1.29, 1.82) is 0 Å². The van der Waals surface area contributed by atoms with E-state index < -0.39 is 0 Å². The molecule has 0 radical (unpaired) electrons. The maximum Gasteiger partial charge on any atom is 0.302 e. The molecule has 0 saturated heterocycles. The molecule has 4 atom stereocenters. The second-order valence-electron chi connectivity index (χ2n) is 8.60. The van der Waals surface area contributed by atoms with E-state index in [1.165, 1.54) is 17.5 Å². The van der Waals surface area contributed by atoms with Gasteiger partial charge in [0.15, 0.2) is 0 Å². The van der Waals surface area contributed by atoms with Crippen LogP contribution in [0.15, 0.2) is 23.8 Å². The largest absolute Gasteiger partial charge is 0.497 e. The summed E-state index contributed by atoms with van der Waals surface area (Å²) >= 11 is 0. The standard InChI is InChI=1S/C22H26O3/c1-13(23)25-20-11-15-12-22(15)19-7-4-14-10-16(24-3)5-6-17(14)18(19)8-9-21(20,22)2/h5-6,10,15,20H,4,7-9,11-12H2,1-3H3/t15?,20?,21-,22?/m1/s1. The predicted octanol–water partition coefficient (Wildman–Crippen LogP) is 4.54. The smallest absolute Gasteiger partial charge is 0.302 e. The van der Waals surface area contributed by atoms with Crippen molar-refractivity contribution in [3.05, 3.63) is 34.9 Å². The highest BCUT2D eigenvalue weighted by Gasteiger charge is 2.75. The van der Waals surface area contributed by atoms with E-state index in [0.717, 1.165) is 37.9 Å². The Morgan fingerprint density at radius 3 is 2.84 bits per heavy atom. The normalized spacial score (nSPS) is 37.6. The van der Waals surface area contributed by atoms with E-state index in [4.69, 9.17) is 9.47 Å². The zero-order chi connectivity index (χ0) is 17.4. The van der Waals surface area contributed by atoms with Crippen LogP contribution in [-0.4, -0.2) is 19.2 Å². The predicted molar refractivity (Wildman–Crippen MR) is 96.3 cm³/mol. The zero-order valence-electron chi connectivity index (χ0n) is 15.4. The average molecular weight is 338 g/mol. The van der Waals surface area contributed by atoms with Crippen LogP contribution in [0.1, 0.15) is 57.1 Å². The second-order valence-corrected chi connectivity index (χ2v) is 8.60. The van der Waals surface area contributed by atoms with Crippen molar-refractivity contribution in [1.82, 2.24) is 0 Å². The van der Waals surface area contributed by atoms with Crippen molar-refractivity contribution in [2.24, 2.45) is 16.7 Å². The van der Waals surface area contributed by atoms with Crippen LogP contribution in [0.4, 0.5) is 0 Å². The number of hydrogen-bond acceptors (Lipinski definition) is 3. The number of allylic oxidation sites excluding steroid dienone is 2. The summed E-state index contributed by atoms with van der Waals surface area (Å²) in [4.78, 5) is 11.6. The van der Waals surface area contributed by atoms with Crippen LogP contribution in [0.5, 0.6) is 5.75 Å². The van der Waals surface area contributed by atoms with Crippen LogP contribution in [0.2, 0.25) is 0 Å². The SMILES string of the molecule is COc1ccc2c(c1)CCC1=C2CC[C@]2(C)C(OC(C)=O)CC3CC132. The lowest BCUT2D eigenvalue weighted by molar-refractivity contribution is -0.154. The summed E-state index contributed by atoms with van der Waals surface area (Å²) < 4.78 is 11.2. The van der Waals surface area contributed by atoms with Crippen LogP contribution in [-0.2, 0) is 16.0 Å². The Labute approximate surface area is 149 Å². The topological polar surface area (TPSA) is 35.5 Å². The first kappa shape index (κ1) is 15.5. The minimum absolute atomic E-state index is 0.107. The fourth-order valence-corrected chi connectivity index (χ4v) is 6.53. The van der Waals surface area contributed by atoms with Crippen molar-refractivity contribution in [3.63, 3.8) is 0 Å². The highest BCUT2D eigenvalue weighted by atomic mass is 16.5. The number of carbonyl (C=O) groups excluding carboxylic acids is 1. The molecular weight excluding hydrogens is 312 g/mol. The van der Waals surface area contributed by atoms with Crippen molar-refractivity contribution in [2.75, 3.05) is 7.11 Å². The molecule has 5 rings (SSSR count). The summed E-state index contributed by atoms with van der Waals surface area (Å²) in [5.41, 5.74) is 6.60. The van der Waals surface area contributed by atoms with Gasteiger partial charge < -0.3 is 9.47 Å². The fraction of sp³-hybridized carbons (Fsp3) is 0.591. The van der Waals surface area contributed by atoms with Gasteiger partial charge in [-0.15, -0.1) is 0 Å². The maximum atomic E-state index is 11.6. The van der Waals surface area contributed by atoms with Gasteiger partial charge in [0.2, 0.25) is 0 Å². The van der Waals surface area contributed by atoms with Crippen LogP contribution in [0.3, 0.4) is 0 Å². The maximum absolute atomic E-state index is 11.6. The molecule has 3 nitrogen and oxygen atoms in total. The molecule has 0 aromatic heterocycles. The van der Waals surface area contributed by atoms with E-state index >= 15 is 0 Å². The molecular formula is C22H26O3. The number of esters is 1. The van der Waals surface area contributed by atoms with Gasteiger partial charge in [-0.25, -0.2) is 0 Å². The van der Waals surface area contributed by atoms with Gasteiger partial charge in [-0.05, 0) is 73.3 Å². The van der Waals surface area contributed by atoms with Gasteiger partial charge in [0.1, 0.15) is 11.9 Å². The molecule has 0 amide bonds. The Bertz CT molecular complexity index is 807. The van der Waals surface area contributed by atoms with E-state index in [1.54, 1.807) is 25.2 Å². The molecule has 0 bridgehead atoms. The van der Waals surface area contributed by atoms with E-state index in [-0.39, 0.29) is 17.5 Å². The molecule has 0 heterocycles. The van der Waals surface area contributed by atoms with Gasteiger partial charge in [-0.2, -0.15) is 0 Å². The minimum atomic E-state index is -0.122. The summed E-state index contributed by atoms with van der Waals surface area (Å²) in [5.74, 6) is 1.55. The Morgan fingerprint density at radius 2 is 2.08 bits per heavy atom. The fourth-order valence-electron chi connectivity index (χ4n) is 6.53. The first-order valence-electron chi connectivity index (χ1n) is 9.56.